The Morgan fingerprint density at radius 1 is 2.00 bits per heavy atom. The highest BCUT2D eigenvalue weighted by molar-refractivity contribution is 9.11. The smallest absolute Gasteiger partial charge is 0.104 e. The molecule has 0 amide bonds. The van der Waals surface area contributed by atoms with Gasteiger partial charge < -0.3 is 0 Å². The highest BCUT2D eigenvalue weighted by atomic mass is 79.9. The molecule has 0 saturated carbocycles. The molecule has 0 aromatic heterocycles. The maximum atomic E-state index is 9.76. The number of hydrogen-bond acceptors (Lipinski definition) is 0. The zero-order valence-electron chi connectivity index (χ0n) is 3.57. The molecule has 0 heterocycles. The first-order valence-corrected chi connectivity index (χ1v) is 2.56. The second kappa shape index (κ2) is 3.37. The van der Waals surface area contributed by atoms with E-state index in [1.165, 1.54) is 0 Å². The normalized spacial score (nSPS) is 12.2. The van der Waals surface area contributed by atoms with Crippen LogP contribution in [0.15, 0.2) is 10.6 Å². The summed E-state index contributed by atoms with van der Waals surface area (Å²) in [5, 5.41) is 9.76. The Morgan fingerprint density at radius 3 is 2.50 bits per heavy atom. The molecule has 0 bridgehead atoms. The summed E-state index contributed by atoms with van der Waals surface area (Å²) in [6.45, 7) is 1.67. The van der Waals surface area contributed by atoms with Gasteiger partial charge in [0, 0.05) is 0 Å². The fourth-order valence-corrected chi connectivity index (χ4v) is 0.164. The first kappa shape index (κ1) is 6.18. The van der Waals surface area contributed by atoms with E-state index in [1.54, 1.807) is 11.9 Å². The molecule has 35 valence electrons. The molecular formula is C4H6BrO. The number of halogens is 1. The van der Waals surface area contributed by atoms with Crippen LogP contribution >= 0.6 is 15.9 Å². The van der Waals surface area contributed by atoms with Crippen molar-refractivity contribution in [3.05, 3.63) is 10.6 Å². The first-order chi connectivity index (χ1) is 2.81. The Kier molecular flexibility index (Phi) is 3.47. The van der Waals surface area contributed by atoms with Crippen molar-refractivity contribution in [1.29, 1.82) is 0 Å². The molecule has 0 saturated heterocycles. The van der Waals surface area contributed by atoms with Crippen LogP contribution in [0.25, 0.3) is 0 Å². The molecule has 0 atom stereocenters. The molecule has 2 heteroatoms. The molecule has 0 fully saturated rings. The molecule has 1 nitrogen and oxygen atoms in total. The second-order valence-electron chi connectivity index (χ2n) is 1.10. The van der Waals surface area contributed by atoms with Crippen LogP contribution in [0.4, 0.5) is 0 Å². The summed E-state index contributed by atoms with van der Waals surface area (Å²) in [7, 11) is 0. The highest BCUT2D eigenvalue weighted by Crippen LogP contribution is 1.93. The van der Waals surface area contributed by atoms with Crippen LogP contribution in [0.3, 0.4) is 0 Å². The minimum absolute atomic E-state index is 0.106. The van der Waals surface area contributed by atoms with E-state index in [-0.39, 0.29) is 6.61 Å². The largest absolute Gasteiger partial charge is 0.232 e. The first-order valence-electron chi connectivity index (χ1n) is 1.65. The van der Waals surface area contributed by atoms with E-state index in [0.29, 0.717) is 0 Å². The van der Waals surface area contributed by atoms with Gasteiger partial charge in [0.2, 0.25) is 0 Å². The zero-order chi connectivity index (χ0) is 4.99. The van der Waals surface area contributed by atoms with E-state index >= 15 is 0 Å². The van der Waals surface area contributed by atoms with Gasteiger partial charge in [0.15, 0.2) is 0 Å². The summed E-state index contributed by atoms with van der Waals surface area (Å²) in [5.41, 5.74) is 0.829. The maximum absolute atomic E-state index is 9.76. The number of hydrogen-bond donors (Lipinski definition) is 0. The van der Waals surface area contributed by atoms with Crippen molar-refractivity contribution in [2.24, 2.45) is 0 Å². The summed E-state index contributed by atoms with van der Waals surface area (Å²) >= 11 is 3.01. The monoisotopic (exact) mass is 149 g/mol. The Morgan fingerprint density at radius 2 is 2.50 bits per heavy atom. The Hall–Kier alpha value is 0.180. The average Bonchev–Trinajstić information content (AvgIpc) is 1.65. The van der Waals surface area contributed by atoms with Crippen molar-refractivity contribution in [2.45, 2.75) is 6.92 Å². The zero-order valence-corrected chi connectivity index (χ0v) is 5.16. The molecule has 0 unspecified atom stereocenters. The van der Waals surface area contributed by atoms with Crippen LogP contribution in [0.1, 0.15) is 6.92 Å². The van der Waals surface area contributed by atoms with Crippen LogP contribution in [-0.2, 0) is 5.11 Å². The van der Waals surface area contributed by atoms with Crippen molar-refractivity contribution in [2.75, 3.05) is 6.61 Å². The van der Waals surface area contributed by atoms with Crippen LogP contribution in [0.2, 0.25) is 0 Å². The topological polar surface area (TPSA) is 19.9 Å². The molecule has 0 rings (SSSR count). The minimum Gasteiger partial charge on any atom is -0.232 e. The lowest BCUT2D eigenvalue weighted by Gasteiger charge is -1.80. The lowest BCUT2D eigenvalue weighted by molar-refractivity contribution is 0.223. The van der Waals surface area contributed by atoms with E-state index in [2.05, 4.69) is 15.9 Å². The van der Waals surface area contributed by atoms with Crippen LogP contribution in [-0.4, -0.2) is 6.61 Å². The summed E-state index contributed by atoms with van der Waals surface area (Å²) in [5.74, 6) is 0. The van der Waals surface area contributed by atoms with E-state index < -0.39 is 0 Å². The van der Waals surface area contributed by atoms with Crippen LogP contribution in [0, 0.1) is 0 Å². The molecule has 0 aromatic carbocycles. The highest BCUT2D eigenvalue weighted by Gasteiger charge is 1.77. The standard InChI is InChI=1S/C4H6BrO/c1-4(2-5)3-6/h2H,3H2,1H3/b4-2+. The fourth-order valence-electron chi connectivity index (χ4n) is 0.0315. The SMILES string of the molecule is C/C(=C\Br)C[O]. The molecule has 0 spiro atoms. The predicted molar refractivity (Wildman–Crippen MR) is 28.2 cm³/mol. The summed E-state index contributed by atoms with van der Waals surface area (Å²) < 4.78 is 0. The third-order valence-corrected chi connectivity index (χ3v) is 1.20. The van der Waals surface area contributed by atoms with E-state index in [4.69, 9.17) is 0 Å². The molecule has 0 aromatic rings. The van der Waals surface area contributed by atoms with Gasteiger partial charge in [0.05, 0.1) is 0 Å². The molecular weight excluding hydrogens is 144 g/mol. The third kappa shape index (κ3) is 2.42. The van der Waals surface area contributed by atoms with Gasteiger partial charge in [-0.1, -0.05) is 15.9 Å². The van der Waals surface area contributed by atoms with Gasteiger partial charge in [-0.2, -0.15) is 0 Å². The van der Waals surface area contributed by atoms with Gasteiger partial charge in [0.1, 0.15) is 6.61 Å². The third-order valence-electron chi connectivity index (χ3n) is 0.414. The summed E-state index contributed by atoms with van der Waals surface area (Å²) in [6.07, 6.45) is 0. The van der Waals surface area contributed by atoms with E-state index in [1.807, 2.05) is 0 Å². The van der Waals surface area contributed by atoms with Crippen molar-refractivity contribution in [1.82, 2.24) is 0 Å². The molecule has 0 aliphatic rings. The van der Waals surface area contributed by atoms with Gasteiger partial charge in [-0.15, -0.1) is 0 Å². The van der Waals surface area contributed by atoms with Crippen molar-refractivity contribution in [3.63, 3.8) is 0 Å². The Labute approximate surface area is 45.8 Å². The van der Waals surface area contributed by atoms with Gasteiger partial charge >= 0.3 is 0 Å². The Bertz CT molecular complexity index is 58.6. The average molecular weight is 150 g/mol. The van der Waals surface area contributed by atoms with E-state index in [0.717, 1.165) is 5.57 Å². The maximum Gasteiger partial charge on any atom is 0.104 e. The van der Waals surface area contributed by atoms with Crippen molar-refractivity contribution < 1.29 is 5.11 Å². The van der Waals surface area contributed by atoms with Gasteiger partial charge in [-0.05, 0) is 17.5 Å². The summed E-state index contributed by atoms with van der Waals surface area (Å²) in [6, 6.07) is 0. The number of rotatable bonds is 1. The van der Waals surface area contributed by atoms with Crippen LogP contribution < -0.4 is 0 Å². The lowest BCUT2D eigenvalue weighted by atomic mass is 10.4. The molecule has 1 radical (unpaired) electrons. The minimum atomic E-state index is -0.106. The lowest BCUT2D eigenvalue weighted by Crippen LogP contribution is -1.76. The molecule has 0 aliphatic carbocycles. The Balaban J connectivity index is 3.22. The fraction of sp³-hybridized carbons (Fsp3) is 0.500. The molecule has 0 N–H and O–H groups in total. The quantitative estimate of drug-likeness (QED) is 0.542. The molecule has 6 heavy (non-hydrogen) atoms. The van der Waals surface area contributed by atoms with Gasteiger partial charge in [0.25, 0.3) is 0 Å². The predicted octanol–water partition coefficient (Wildman–Crippen LogP) is 1.72. The van der Waals surface area contributed by atoms with Gasteiger partial charge in [-0.25, -0.2) is 5.11 Å². The van der Waals surface area contributed by atoms with E-state index in [9.17, 15) is 5.11 Å². The summed E-state index contributed by atoms with van der Waals surface area (Å²) in [4.78, 5) is 1.64. The molecule has 0 aliphatic heterocycles. The van der Waals surface area contributed by atoms with Crippen molar-refractivity contribution in [3.8, 4) is 0 Å². The van der Waals surface area contributed by atoms with Gasteiger partial charge in [-0.3, -0.25) is 0 Å². The van der Waals surface area contributed by atoms with Crippen molar-refractivity contribution >= 4 is 15.9 Å². The second-order valence-corrected chi connectivity index (χ2v) is 1.56. The van der Waals surface area contributed by atoms with Crippen LogP contribution in [0.5, 0.6) is 0 Å².